The quantitative estimate of drug-likeness (QED) is 0.128. The number of hydrogen-bond acceptors (Lipinski definition) is 8. The third kappa shape index (κ3) is 6.73. The van der Waals surface area contributed by atoms with Crippen LogP contribution in [0, 0.1) is 11.3 Å². The molecule has 0 radical (unpaired) electrons. The van der Waals surface area contributed by atoms with Gasteiger partial charge in [0.2, 0.25) is 0 Å². The summed E-state index contributed by atoms with van der Waals surface area (Å²) in [4.78, 5) is 8.69. The second-order valence-electron chi connectivity index (χ2n) is 10.1. The highest BCUT2D eigenvalue weighted by Gasteiger charge is 2.24. The van der Waals surface area contributed by atoms with Gasteiger partial charge in [0, 0.05) is 29.7 Å². The van der Waals surface area contributed by atoms with Crippen molar-refractivity contribution in [3.63, 3.8) is 0 Å². The topological polar surface area (TPSA) is 101 Å². The van der Waals surface area contributed by atoms with Crippen LogP contribution in [0.5, 0.6) is 0 Å². The maximum atomic E-state index is 14.0. The fraction of sp³-hybridized carbons (Fsp3) is 0.147. The van der Waals surface area contributed by atoms with Crippen LogP contribution in [0.1, 0.15) is 37.4 Å². The van der Waals surface area contributed by atoms with Gasteiger partial charge in [-0.1, -0.05) is 67.6 Å². The molecule has 4 N–H and O–H groups in total. The summed E-state index contributed by atoms with van der Waals surface area (Å²) in [6, 6.07) is 19.2. The van der Waals surface area contributed by atoms with Crippen LogP contribution < -0.4 is 26.6 Å². The van der Waals surface area contributed by atoms with Crippen LogP contribution in [0.15, 0.2) is 121 Å². The van der Waals surface area contributed by atoms with Crippen LogP contribution in [0.2, 0.25) is 5.02 Å². The van der Waals surface area contributed by atoms with Crippen molar-refractivity contribution >= 4 is 39.6 Å². The van der Waals surface area contributed by atoms with E-state index >= 15 is 0 Å². The van der Waals surface area contributed by atoms with Crippen LogP contribution in [-0.4, -0.2) is 16.0 Å². The van der Waals surface area contributed by atoms with Gasteiger partial charge in [-0.2, -0.15) is 5.26 Å². The Morgan fingerprint density at radius 2 is 1.98 bits per heavy atom. The molecule has 0 saturated heterocycles. The third-order valence-electron chi connectivity index (χ3n) is 7.21. The van der Waals surface area contributed by atoms with Crippen LogP contribution in [-0.2, 0) is 0 Å². The molecule has 2 aromatic heterocycles. The number of hydrazine groups is 2. The number of halogens is 2. The highest BCUT2D eigenvalue weighted by Crippen LogP contribution is 2.36. The molecule has 0 amide bonds. The average molecular weight is 607 g/mol. The second-order valence-corrected chi connectivity index (χ2v) is 10.5. The molecule has 1 aliphatic heterocycles. The minimum absolute atomic E-state index is 0.0409. The Bertz CT molecular complexity index is 1780. The number of nitrogens with one attached hydrogen (secondary N) is 4. The van der Waals surface area contributed by atoms with E-state index < -0.39 is 6.04 Å². The van der Waals surface area contributed by atoms with Crippen molar-refractivity contribution in [2.24, 2.45) is 0 Å². The summed E-state index contributed by atoms with van der Waals surface area (Å²) in [6.07, 6.45) is 12.0. The van der Waals surface area contributed by atoms with Crippen LogP contribution >= 0.6 is 11.6 Å². The lowest BCUT2D eigenvalue weighted by atomic mass is 10.0. The van der Waals surface area contributed by atoms with Crippen molar-refractivity contribution in [3.8, 4) is 6.07 Å². The monoisotopic (exact) mass is 606 g/mol. The number of fused-ring (bicyclic) bond motifs is 1. The highest BCUT2D eigenvalue weighted by molar-refractivity contribution is 6.35. The molecule has 0 bridgehead atoms. The molecule has 0 fully saturated rings. The number of aromatic nitrogens is 2. The maximum absolute atomic E-state index is 14.0. The maximum Gasteiger partial charge on any atom is 0.118 e. The predicted molar refractivity (Wildman–Crippen MR) is 176 cm³/mol. The summed E-state index contributed by atoms with van der Waals surface area (Å²) in [5.41, 5.74) is 11.8. The molecule has 1 aliphatic rings. The summed E-state index contributed by atoms with van der Waals surface area (Å²) in [6.45, 7) is 7.95. The number of rotatable bonds is 11. The van der Waals surface area contributed by atoms with Crippen molar-refractivity contribution in [1.82, 2.24) is 20.9 Å². The zero-order valence-corrected chi connectivity index (χ0v) is 25.1. The third-order valence-corrected chi connectivity index (χ3v) is 7.50. The zero-order chi connectivity index (χ0) is 31.1. The fourth-order valence-corrected chi connectivity index (χ4v) is 5.16. The van der Waals surface area contributed by atoms with E-state index in [1.54, 1.807) is 42.7 Å². The Morgan fingerprint density at radius 3 is 2.68 bits per heavy atom. The van der Waals surface area contributed by atoms with E-state index in [0.717, 1.165) is 23.4 Å². The number of hydrogen-bond donors (Lipinski definition) is 4. The molecule has 222 valence electrons. The number of nitrogens with zero attached hydrogens (tertiary/aromatic N) is 4. The molecule has 0 aliphatic carbocycles. The fourth-order valence-electron chi connectivity index (χ4n) is 4.89. The van der Waals surface area contributed by atoms with E-state index in [1.165, 1.54) is 12.2 Å². The lowest BCUT2D eigenvalue weighted by molar-refractivity contribution is 0.640. The number of pyridine rings is 2. The minimum Gasteiger partial charge on any atom is -0.377 e. The van der Waals surface area contributed by atoms with Gasteiger partial charge in [0.1, 0.15) is 11.9 Å². The van der Waals surface area contributed by atoms with E-state index in [4.69, 9.17) is 11.6 Å². The molecule has 0 saturated carbocycles. The Kier molecular flexibility index (Phi) is 9.55. The normalized spacial score (nSPS) is 14.6. The summed E-state index contributed by atoms with van der Waals surface area (Å²) >= 11 is 6.80. The molecule has 2 aromatic carbocycles. The molecule has 4 aromatic rings. The standard InChI is InChI=1S/C34H32ClFN8/c1-4-25(36)14-13-22(3)32(31-21-44(43-42-31)27-12-9-15-38-20-27)40-26-16-28-33(24(18-37)19-39-34(28)29(35)17-26)41-30(5-2)23-10-7-6-8-11-23/h4,6-17,19-21,30,32,40,42-43H,3,5H2,1-2H3,(H,39,41)/b14-13-,25-4+/t30-,32+/m1/s1. The van der Waals surface area contributed by atoms with Crippen molar-refractivity contribution < 1.29 is 4.39 Å². The van der Waals surface area contributed by atoms with Crippen molar-refractivity contribution in [3.05, 3.63) is 137 Å². The molecule has 3 heterocycles. The van der Waals surface area contributed by atoms with Gasteiger partial charge >= 0.3 is 0 Å². The Balaban J connectivity index is 1.55. The number of benzene rings is 2. The van der Waals surface area contributed by atoms with Crippen molar-refractivity contribution in [2.75, 3.05) is 15.6 Å². The van der Waals surface area contributed by atoms with Gasteiger partial charge < -0.3 is 16.1 Å². The Labute approximate surface area is 261 Å². The van der Waals surface area contributed by atoms with E-state index in [0.29, 0.717) is 38.4 Å². The lowest BCUT2D eigenvalue weighted by Crippen LogP contribution is -2.39. The molecular formula is C34H32ClFN8. The average Bonchev–Trinajstić information content (AvgIpc) is 3.55. The molecule has 2 atom stereocenters. The predicted octanol–water partition coefficient (Wildman–Crippen LogP) is 7.86. The Morgan fingerprint density at radius 1 is 1.16 bits per heavy atom. The van der Waals surface area contributed by atoms with Crippen molar-refractivity contribution in [1.29, 1.82) is 5.26 Å². The first-order valence-electron chi connectivity index (χ1n) is 14.1. The number of nitriles is 1. The Hall–Kier alpha value is -5.17. The number of anilines is 3. The van der Waals surface area contributed by atoms with Gasteiger partial charge in [-0.05, 0) is 54.8 Å². The molecule has 44 heavy (non-hydrogen) atoms. The van der Waals surface area contributed by atoms with Gasteiger partial charge in [0.25, 0.3) is 0 Å². The molecule has 0 spiro atoms. The molecule has 10 heteroatoms. The summed E-state index contributed by atoms with van der Waals surface area (Å²) < 4.78 is 14.0. The van der Waals surface area contributed by atoms with E-state index in [1.807, 2.05) is 42.6 Å². The van der Waals surface area contributed by atoms with Gasteiger partial charge in [-0.25, -0.2) is 4.39 Å². The van der Waals surface area contributed by atoms with E-state index in [2.05, 4.69) is 63.3 Å². The molecule has 8 nitrogen and oxygen atoms in total. The first-order chi connectivity index (χ1) is 21.4. The van der Waals surface area contributed by atoms with Crippen LogP contribution in [0.3, 0.4) is 0 Å². The molecule has 0 unspecified atom stereocenters. The zero-order valence-electron chi connectivity index (χ0n) is 24.4. The summed E-state index contributed by atoms with van der Waals surface area (Å²) in [7, 11) is 0. The van der Waals surface area contributed by atoms with Gasteiger partial charge in [0.15, 0.2) is 0 Å². The first-order valence-corrected chi connectivity index (χ1v) is 14.5. The first kappa shape index (κ1) is 30.3. The number of allylic oxidation sites excluding steroid dienone is 3. The summed E-state index contributed by atoms with van der Waals surface area (Å²) in [5.74, 6) is -0.378. The van der Waals surface area contributed by atoms with Gasteiger partial charge in [-0.3, -0.25) is 15.0 Å². The van der Waals surface area contributed by atoms with E-state index in [-0.39, 0.29) is 11.9 Å². The van der Waals surface area contributed by atoms with Crippen molar-refractivity contribution in [2.45, 2.75) is 32.4 Å². The molecular weight excluding hydrogens is 575 g/mol. The van der Waals surface area contributed by atoms with Crippen LogP contribution in [0.25, 0.3) is 10.9 Å². The SMILES string of the molecule is C=C(/C=C\C(F)=C/C)[C@H](Nc1cc(Cl)c2ncc(C#N)c(N[C@H](CC)c3ccccc3)c2c1)C1=CN(c2cccnc2)NN1. The second kappa shape index (κ2) is 13.9. The lowest BCUT2D eigenvalue weighted by Gasteiger charge is -2.24. The largest absolute Gasteiger partial charge is 0.377 e. The highest BCUT2D eigenvalue weighted by atomic mass is 35.5. The summed E-state index contributed by atoms with van der Waals surface area (Å²) in [5, 5.41) is 20.0. The molecule has 5 rings (SSSR count). The smallest absolute Gasteiger partial charge is 0.118 e. The van der Waals surface area contributed by atoms with E-state index in [9.17, 15) is 9.65 Å². The van der Waals surface area contributed by atoms with Crippen LogP contribution in [0.4, 0.5) is 21.5 Å². The van der Waals surface area contributed by atoms with Gasteiger partial charge in [-0.15, -0.1) is 5.53 Å². The minimum atomic E-state index is -0.519. The van der Waals surface area contributed by atoms with Gasteiger partial charge in [0.05, 0.1) is 51.5 Å².